The van der Waals surface area contributed by atoms with E-state index >= 15 is 0 Å². The summed E-state index contributed by atoms with van der Waals surface area (Å²) >= 11 is 4.83. The molecule has 7 nitrogen and oxygen atoms in total. The van der Waals surface area contributed by atoms with Crippen molar-refractivity contribution in [3.8, 4) is 11.5 Å². The van der Waals surface area contributed by atoms with Crippen LogP contribution in [0.25, 0.3) is 6.08 Å². The smallest absolute Gasteiger partial charge is 0.344 e. The standard InChI is InChI=1S/C20H25BrN2O5S/c1-5-22-20-23(6-2)19(25)16(29-20)11-13-9-14(21)18(15(10-13)26-7-3)28-12-17(24)27-8-4/h9-11H,5-8,12H2,1-4H3/b16-11-,22-20?. The van der Waals surface area contributed by atoms with E-state index in [0.29, 0.717) is 45.7 Å². The number of nitrogens with zero attached hydrogens (tertiary/aromatic N) is 2. The Labute approximate surface area is 183 Å². The molecule has 0 N–H and O–H groups in total. The van der Waals surface area contributed by atoms with Gasteiger partial charge < -0.3 is 14.2 Å². The lowest BCUT2D eigenvalue weighted by Crippen LogP contribution is -2.28. The van der Waals surface area contributed by atoms with E-state index in [0.717, 1.165) is 5.56 Å². The molecule has 1 aromatic rings. The summed E-state index contributed by atoms with van der Waals surface area (Å²) in [6.07, 6.45) is 1.80. The lowest BCUT2D eigenvalue weighted by molar-refractivity contribution is -0.145. The van der Waals surface area contributed by atoms with Crippen LogP contribution >= 0.6 is 27.7 Å². The maximum absolute atomic E-state index is 12.7. The van der Waals surface area contributed by atoms with Gasteiger partial charge >= 0.3 is 5.97 Å². The van der Waals surface area contributed by atoms with Gasteiger partial charge in [0, 0.05) is 13.1 Å². The van der Waals surface area contributed by atoms with Gasteiger partial charge in [-0.2, -0.15) is 0 Å². The number of esters is 1. The Hall–Kier alpha value is -2.00. The Balaban J connectivity index is 2.32. The third kappa shape index (κ3) is 5.99. The van der Waals surface area contributed by atoms with Crippen LogP contribution < -0.4 is 9.47 Å². The number of carbonyl (C=O) groups is 2. The fourth-order valence-electron chi connectivity index (χ4n) is 2.60. The molecule has 0 spiro atoms. The lowest BCUT2D eigenvalue weighted by atomic mass is 10.2. The Morgan fingerprint density at radius 1 is 1.21 bits per heavy atom. The quantitative estimate of drug-likeness (QED) is 0.387. The van der Waals surface area contributed by atoms with Crippen LogP contribution in [0.5, 0.6) is 11.5 Å². The molecule has 1 amide bonds. The third-order valence-corrected chi connectivity index (χ3v) is 5.40. The molecule has 9 heteroatoms. The van der Waals surface area contributed by atoms with Crippen molar-refractivity contribution in [1.29, 1.82) is 0 Å². The molecule has 0 bridgehead atoms. The minimum Gasteiger partial charge on any atom is -0.490 e. The van der Waals surface area contributed by atoms with Crippen molar-refractivity contribution in [2.24, 2.45) is 4.99 Å². The molecule has 1 fully saturated rings. The van der Waals surface area contributed by atoms with E-state index in [2.05, 4.69) is 20.9 Å². The molecule has 0 aliphatic carbocycles. The monoisotopic (exact) mass is 484 g/mol. The van der Waals surface area contributed by atoms with Crippen LogP contribution in [0.1, 0.15) is 33.3 Å². The number of hydrogen-bond acceptors (Lipinski definition) is 7. The SMILES string of the molecule is CCN=C1S/C(=C\c2cc(Br)c(OCC(=O)OCC)c(OCC)c2)C(=O)N1CC. The summed E-state index contributed by atoms with van der Waals surface area (Å²) in [5.74, 6) is 0.365. The van der Waals surface area contributed by atoms with E-state index in [-0.39, 0.29) is 19.1 Å². The van der Waals surface area contributed by atoms with Gasteiger partial charge in [0.2, 0.25) is 0 Å². The second-order valence-corrected chi connectivity index (χ2v) is 7.64. The molecule has 1 saturated heterocycles. The summed E-state index contributed by atoms with van der Waals surface area (Å²) in [7, 11) is 0. The largest absolute Gasteiger partial charge is 0.490 e. The number of likely N-dealkylation sites (N-methyl/N-ethyl adjacent to an activating group) is 1. The molecule has 1 heterocycles. The highest BCUT2D eigenvalue weighted by atomic mass is 79.9. The maximum Gasteiger partial charge on any atom is 0.344 e. The molecule has 0 saturated carbocycles. The van der Waals surface area contributed by atoms with E-state index in [4.69, 9.17) is 14.2 Å². The highest BCUT2D eigenvalue weighted by molar-refractivity contribution is 9.10. The van der Waals surface area contributed by atoms with Gasteiger partial charge in [-0.1, -0.05) is 0 Å². The number of hydrogen-bond donors (Lipinski definition) is 0. The zero-order chi connectivity index (χ0) is 21.4. The number of amides is 1. The van der Waals surface area contributed by atoms with Crippen LogP contribution in [-0.4, -0.2) is 54.9 Å². The highest BCUT2D eigenvalue weighted by Crippen LogP contribution is 2.39. The first-order chi connectivity index (χ1) is 13.9. The Kier molecular flexibility index (Phi) is 9.03. The van der Waals surface area contributed by atoms with E-state index in [1.807, 2.05) is 26.8 Å². The predicted octanol–water partition coefficient (Wildman–Crippen LogP) is 4.10. The van der Waals surface area contributed by atoms with Gasteiger partial charge in [-0.25, -0.2) is 4.79 Å². The molecule has 1 aliphatic heterocycles. The number of amidine groups is 1. The van der Waals surface area contributed by atoms with Gasteiger partial charge in [0.1, 0.15) is 0 Å². The second-order valence-electron chi connectivity index (χ2n) is 5.77. The first-order valence-electron chi connectivity index (χ1n) is 9.45. The molecular formula is C20H25BrN2O5S. The van der Waals surface area contributed by atoms with Gasteiger partial charge in [-0.05, 0) is 79.2 Å². The number of benzene rings is 1. The average Bonchev–Trinajstić information content (AvgIpc) is 2.96. The maximum atomic E-state index is 12.7. The van der Waals surface area contributed by atoms with Crippen molar-refractivity contribution < 1.29 is 23.8 Å². The van der Waals surface area contributed by atoms with Crippen LogP contribution in [0.3, 0.4) is 0 Å². The van der Waals surface area contributed by atoms with Crippen LogP contribution in [-0.2, 0) is 14.3 Å². The van der Waals surface area contributed by atoms with Gasteiger partial charge in [-0.3, -0.25) is 14.7 Å². The molecule has 2 rings (SSSR count). The molecule has 29 heavy (non-hydrogen) atoms. The van der Waals surface area contributed by atoms with Crippen LogP contribution in [0, 0.1) is 0 Å². The third-order valence-electron chi connectivity index (χ3n) is 3.77. The molecule has 0 radical (unpaired) electrons. The zero-order valence-corrected chi connectivity index (χ0v) is 19.4. The topological polar surface area (TPSA) is 77.4 Å². The van der Waals surface area contributed by atoms with Crippen LogP contribution in [0.4, 0.5) is 0 Å². The van der Waals surface area contributed by atoms with Gasteiger partial charge in [0.25, 0.3) is 5.91 Å². The molecule has 0 unspecified atom stereocenters. The van der Waals surface area contributed by atoms with E-state index in [1.165, 1.54) is 11.8 Å². The normalized spacial score (nSPS) is 16.6. The number of thioether (sulfide) groups is 1. The van der Waals surface area contributed by atoms with Crippen LogP contribution in [0.15, 0.2) is 26.5 Å². The van der Waals surface area contributed by atoms with Gasteiger partial charge in [0.15, 0.2) is 23.3 Å². The second kappa shape index (κ2) is 11.3. The van der Waals surface area contributed by atoms with Gasteiger partial charge in [-0.15, -0.1) is 0 Å². The first kappa shape index (κ1) is 23.3. The van der Waals surface area contributed by atoms with Crippen LogP contribution in [0.2, 0.25) is 0 Å². The van der Waals surface area contributed by atoms with Crippen molar-refractivity contribution in [3.05, 3.63) is 27.1 Å². The summed E-state index contributed by atoms with van der Waals surface area (Å²) in [4.78, 5) is 30.9. The number of ether oxygens (including phenoxy) is 3. The van der Waals surface area contributed by atoms with Crippen molar-refractivity contribution in [2.75, 3.05) is 32.9 Å². The van der Waals surface area contributed by atoms with E-state index in [1.54, 1.807) is 24.0 Å². The summed E-state index contributed by atoms with van der Waals surface area (Å²) in [5, 5.41) is 0.713. The average molecular weight is 485 g/mol. The molecule has 0 aromatic heterocycles. The minimum absolute atomic E-state index is 0.0681. The fraction of sp³-hybridized carbons (Fsp3) is 0.450. The van der Waals surface area contributed by atoms with Crippen molar-refractivity contribution >= 4 is 50.8 Å². The predicted molar refractivity (Wildman–Crippen MR) is 118 cm³/mol. The summed E-state index contributed by atoms with van der Waals surface area (Å²) < 4.78 is 16.8. The van der Waals surface area contributed by atoms with E-state index in [9.17, 15) is 9.59 Å². The van der Waals surface area contributed by atoms with Crippen molar-refractivity contribution in [1.82, 2.24) is 4.90 Å². The molecule has 158 valence electrons. The van der Waals surface area contributed by atoms with Crippen molar-refractivity contribution in [3.63, 3.8) is 0 Å². The minimum atomic E-state index is -0.455. The molecule has 1 aromatic carbocycles. The Morgan fingerprint density at radius 2 is 1.97 bits per heavy atom. The molecular weight excluding hydrogens is 460 g/mol. The molecule has 0 atom stereocenters. The first-order valence-corrected chi connectivity index (χ1v) is 11.1. The number of carbonyl (C=O) groups excluding carboxylic acids is 2. The number of aliphatic imine (C=N–C) groups is 1. The van der Waals surface area contributed by atoms with Gasteiger partial charge in [0.05, 0.1) is 22.6 Å². The Bertz CT molecular complexity index is 825. The Morgan fingerprint density at radius 3 is 2.59 bits per heavy atom. The number of rotatable bonds is 9. The fourth-order valence-corrected chi connectivity index (χ4v) is 4.28. The zero-order valence-electron chi connectivity index (χ0n) is 17.0. The van der Waals surface area contributed by atoms with Crippen molar-refractivity contribution in [2.45, 2.75) is 27.7 Å². The summed E-state index contributed by atoms with van der Waals surface area (Å²) in [5.41, 5.74) is 0.772. The summed E-state index contributed by atoms with van der Waals surface area (Å²) in [6.45, 7) is 9.13. The summed E-state index contributed by atoms with van der Waals surface area (Å²) in [6, 6.07) is 3.59. The lowest BCUT2D eigenvalue weighted by Gasteiger charge is -2.14. The highest BCUT2D eigenvalue weighted by Gasteiger charge is 2.32. The molecule has 1 aliphatic rings. The van der Waals surface area contributed by atoms with E-state index < -0.39 is 5.97 Å². The number of halogens is 1.